The normalized spacial score (nSPS) is 13.8. The van der Waals surface area contributed by atoms with Crippen molar-refractivity contribution >= 4 is 5.91 Å². The number of aryl methyl sites for hydroxylation is 2. The second-order valence-corrected chi connectivity index (χ2v) is 6.24. The Morgan fingerprint density at radius 2 is 2.20 bits per heavy atom. The van der Waals surface area contributed by atoms with Gasteiger partial charge in [0, 0.05) is 19.4 Å². The molecule has 2 heterocycles. The maximum atomic E-state index is 13.7. The molecular weight excluding hydrogens is 323 g/mol. The lowest BCUT2D eigenvalue weighted by atomic mass is 10.1. The van der Waals surface area contributed by atoms with E-state index in [-0.39, 0.29) is 11.7 Å². The number of benzene rings is 1. The monoisotopic (exact) mass is 346 g/mol. The Kier molecular flexibility index (Phi) is 5.63. The van der Waals surface area contributed by atoms with Crippen LogP contribution in [0.25, 0.3) is 0 Å². The van der Waals surface area contributed by atoms with E-state index in [1.807, 2.05) is 0 Å². The third-order valence-electron chi connectivity index (χ3n) is 4.49. The minimum Gasteiger partial charge on any atom is -0.494 e. The van der Waals surface area contributed by atoms with Gasteiger partial charge in [-0.3, -0.25) is 4.79 Å². The fourth-order valence-corrected chi connectivity index (χ4v) is 3.07. The van der Waals surface area contributed by atoms with Crippen molar-refractivity contribution in [3.63, 3.8) is 0 Å². The van der Waals surface area contributed by atoms with E-state index in [2.05, 4.69) is 20.1 Å². The molecule has 0 unspecified atom stereocenters. The number of nitrogens with one attached hydrogen (secondary N) is 1. The van der Waals surface area contributed by atoms with Crippen molar-refractivity contribution in [1.82, 2.24) is 20.1 Å². The van der Waals surface area contributed by atoms with Crippen LogP contribution in [0.2, 0.25) is 0 Å². The third kappa shape index (κ3) is 4.35. The number of carbonyl (C=O) groups excluding carboxylic acids is 1. The first kappa shape index (κ1) is 17.4. The number of hydrogen-bond donors (Lipinski definition) is 1. The van der Waals surface area contributed by atoms with Crippen LogP contribution >= 0.6 is 0 Å². The Bertz CT molecular complexity index is 745. The Hall–Kier alpha value is -2.44. The molecule has 134 valence electrons. The highest BCUT2D eigenvalue weighted by molar-refractivity contribution is 5.76. The number of nitrogens with zero attached hydrogens (tertiary/aromatic N) is 3. The maximum Gasteiger partial charge on any atom is 0.220 e. The Balaban J connectivity index is 1.50. The molecule has 0 bridgehead atoms. The van der Waals surface area contributed by atoms with E-state index in [0.29, 0.717) is 19.4 Å². The molecule has 2 aromatic rings. The molecule has 1 amide bonds. The molecule has 0 radical (unpaired) electrons. The van der Waals surface area contributed by atoms with Gasteiger partial charge in [0.25, 0.3) is 0 Å². The molecule has 3 rings (SSSR count). The number of fused-ring (bicyclic) bond motifs is 1. The summed E-state index contributed by atoms with van der Waals surface area (Å²) in [4.78, 5) is 12.1. The fraction of sp³-hybridized carbons (Fsp3) is 0.500. The molecule has 0 saturated carbocycles. The zero-order valence-corrected chi connectivity index (χ0v) is 14.4. The first-order chi connectivity index (χ1) is 12.2. The van der Waals surface area contributed by atoms with E-state index in [1.165, 1.54) is 19.6 Å². The van der Waals surface area contributed by atoms with E-state index in [0.717, 1.165) is 43.0 Å². The number of aromatic nitrogens is 3. The fourth-order valence-electron chi connectivity index (χ4n) is 3.07. The number of ether oxygens (including phenoxy) is 1. The largest absolute Gasteiger partial charge is 0.494 e. The van der Waals surface area contributed by atoms with Crippen LogP contribution in [-0.4, -0.2) is 27.8 Å². The van der Waals surface area contributed by atoms with Gasteiger partial charge >= 0.3 is 0 Å². The molecule has 0 atom stereocenters. The average molecular weight is 346 g/mol. The maximum absolute atomic E-state index is 13.7. The van der Waals surface area contributed by atoms with Crippen molar-refractivity contribution in [2.24, 2.45) is 0 Å². The molecule has 25 heavy (non-hydrogen) atoms. The van der Waals surface area contributed by atoms with Crippen molar-refractivity contribution in [3.05, 3.63) is 41.2 Å². The van der Waals surface area contributed by atoms with Gasteiger partial charge in [0.05, 0.1) is 13.7 Å². The summed E-state index contributed by atoms with van der Waals surface area (Å²) in [5, 5.41) is 11.3. The SMILES string of the molecule is COc1ccc(CCC(=O)NCc2nnc3n2CCCCC3)cc1F. The lowest BCUT2D eigenvalue weighted by Crippen LogP contribution is -2.25. The highest BCUT2D eigenvalue weighted by Gasteiger charge is 2.15. The van der Waals surface area contributed by atoms with Crippen LogP contribution < -0.4 is 10.1 Å². The highest BCUT2D eigenvalue weighted by atomic mass is 19.1. The van der Waals surface area contributed by atoms with Gasteiger partial charge in [-0.1, -0.05) is 12.5 Å². The van der Waals surface area contributed by atoms with Gasteiger partial charge in [-0.15, -0.1) is 10.2 Å². The van der Waals surface area contributed by atoms with E-state index < -0.39 is 5.82 Å². The number of hydrogen-bond acceptors (Lipinski definition) is 4. The first-order valence-electron chi connectivity index (χ1n) is 8.67. The Labute approximate surface area is 146 Å². The van der Waals surface area contributed by atoms with Gasteiger partial charge in [-0.05, 0) is 37.0 Å². The topological polar surface area (TPSA) is 69.0 Å². The van der Waals surface area contributed by atoms with Crippen molar-refractivity contribution in [2.45, 2.75) is 51.6 Å². The smallest absolute Gasteiger partial charge is 0.220 e. The molecular formula is C18H23FN4O2. The molecule has 0 aliphatic carbocycles. The van der Waals surface area contributed by atoms with Crippen molar-refractivity contribution in [3.8, 4) is 5.75 Å². The van der Waals surface area contributed by atoms with Crippen LogP contribution in [0.1, 0.15) is 42.9 Å². The zero-order valence-electron chi connectivity index (χ0n) is 14.4. The minimum atomic E-state index is -0.411. The van der Waals surface area contributed by atoms with Crippen LogP contribution in [0.15, 0.2) is 18.2 Å². The number of methoxy groups -OCH3 is 1. The number of carbonyl (C=O) groups is 1. The van der Waals surface area contributed by atoms with Gasteiger partial charge in [0.2, 0.25) is 5.91 Å². The quantitative estimate of drug-likeness (QED) is 0.872. The average Bonchev–Trinajstić information content (AvgIpc) is 2.84. The zero-order chi connectivity index (χ0) is 17.6. The molecule has 0 fully saturated rings. The second kappa shape index (κ2) is 8.09. The van der Waals surface area contributed by atoms with E-state index in [9.17, 15) is 9.18 Å². The second-order valence-electron chi connectivity index (χ2n) is 6.24. The molecule has 1 aliphatic rings. The van der Waals surface area contributed by atoms with Crippen LogP contribution in [0.3, 0.4) is 0 Å². The molecule has 0 spiro atoms. The van der Waals surface area contributed by atoms with Gasteiger partial charge < -0.3 is 14.6 Å². The lowest BCUT2D eigenvalue weighted by Gasteiger charge is -2.09. The first-order valence-corrected chi connectivity index (χ1v) is 8.67. The highest BCUT2D eigenvalue weighted by Crippen LogP contribution is 2.18. The van der Waals surface area contributed by atoms with Crippen LogP contribution in [-0.2, 0) is 30.7 Å². The minimum absolute atomic E-state index is 0.0813. The summed E-state index contributed by atoms with van der Waals surface area (Å²) in [7, 11) is 1.43. The van der Waals surface area contributed by atoms with Gasteiger partial charge in [-0.2, -0.15) is 0 Å². The van der Waals surface area contributed by atoms with Crippen molar-refractivity contribution < 1.29 is 13.9 Å². The van der Waals surface area contributed by atoms with Crippen molar-refractivity contribution in [1.29, 1.82) is 0 Å². The predicted molar refractivity (Wildman–Crippen MR) is 90.7 cm³/mol. The molecule has 1 aliphatic heterocycles. The standard InChI is InChI=1S/C18H23FN4O2/c1-25-15-8-6-13(11-14(15)19)7-9-18(24)20-12-17-22-21-16-5-3-2-4-10-23(16)17/h6,8,11H,2-5,7,9-10,12H2,1H3,(H,20,24). The van der Waals surface area contributed by atoms with Gasteiger partial charge in [0.15, 0.2) is 17.4 Å². The molecule has 1 N–H and O–H groups in total. The summed E-state index contributed by atoms with van der Waals surface area (Å²) in [5.41, 5.74) is 0.768. The molecule has 7 heteroatoms. The summed E-state index contributed by atoms with van der Waals surface area (Å²) >= 11 is 0. The lowest BCUT2D eigenvalue weighted by molar-refractivity contribution is -0.121. The van der Waals surface area contributed by atoms with Crippen LogP contribution in [0.4, 0.5) is 4.39 Å². The van der Waals surface area contributed by atoms with Gasteiger partial charge in [-0.25, -0.2) is 4.39 Å². The molecule has 1 aromatic heterocycles. The number of rotatable bonds is 6. The molecule has 6 nitrogen and oxygen atoms in total. The van der Waals surface area contributed by atoms with Crippen LogP contribution in [0.5, 0.6) is 5.75 Å². The van der Waals surface area contributed by atoms with Gasteiger partial charge in [0.1, 0.15) is 5.82 Å². The Morgan fingerprint density at radius 3 is 3.00 bits per heavy atom. The van der Waals surface area contributed by atoms with E-state index in [1.54, 1.807) is 12.1 Å². The molecule has 1 aromatic carbocycles. The van der Waals surface area contributed by atoms with E-state index >= 15 is 0 Å². The van der Waals surface area contributed by atoms with Crippen LogP contribution in [0, 0.1) is 5.82 Å². The summed E-state index contributed by atoms with van der Waals surface area (Å²) in [6.45, 7) is 1.29. The summed E-state index contributed by atoms with van der Waals surface area (Å²) in [6.07, 6.45) is 5.19. The summed E-state index contributed by atoms with van der Waals surface area (Å²) in [5.74, 6) is 1.53. The van der Waals surface area contributed by atoms with E-state index in [4.69, 9.17) is 4.74 Å². The van der Waals surface area contributed by atoms with Crippen molar-refractivity contribution in [2.75, 3.05) is 7.11 Å². The molecule has 0 saturated heterocycles. The Morgan fingerprint density at radius 1 is 1.32 bits per heavy atom. The summed E-state index contributed by atoms with van der Waals surface area (Å²) in [6, 6.07) is 4.76. The summed E-state index contributed by atoms with van der Waals surface area (Å²) < 4.78 is 20.7. The predicted octanol–water partition coefficient (Wildman–Crippen LogP) is 2.40. The third-order valence-corrected chi connectivity index (χ3v) is 4.49. The number of amides is 1. The number of halogens is 1.